The minimum atomic E-state index is -0.564. The Kier molecular flexibility index (Phi) is 6.82. The molecule has 30 heavy (non-hydrogen) atoms. The first-order chi connectivity index (χ1) is 14.2. The number of aromatic amines is 1. The van der Waals surface area contributed by atoms with Crippen molar-refractivity contribution < 1.29 is 14.3 Å². The third kappa shape index (κ3) is 5.63. The van der Waals surface area contributed by atoms with E-state index in [1.165, 1.54) is 4.90 Å². The van der Waals surface area contributed by atoms with Gasteiger partial charge in [-0.05, 0) is 12.0 Å². The molecule has 0 saturated heterocycles. The maximum atomic E-state index is 13.0. The average molecular weight is 412 g/mol. The van der Waals surface area contributed by atoms with Gasteiger partial charge in [0.2, 0.25) is 5.91 Å². The summed E-state index contributed by atoms with van der Waals surface area (Å²) in [6.07, 6.45) is 1.44. The highest BCUT2D eigenvalue weighted by Gasteiger charge is 2.27. The van der Waals surface area contributed by atoms with Crippen LogP contribution in [-0.4, -0.2) is 39.7 Å². The Hall–Kier alpha value is -2.80. The van der Waals surface area contributed by atoms with Gasteiger partial charge < -0.3 is 14.6 Å². The summed E-state index contributed by atoms with van der Waals surface area (Å²) in [5, 5.41) is 0. The minimum absolute atomic E-state index is 0.0129. The number of amides is 1. The predicted octanol–water partition coefficient (Wildman–Crippen LogP) is 2.42. The number of fused-ring (bicyclic) bond motifs is 1. The number of hydrogen-bond acceptors (Lipinski definition) is 5. The third-order valence-electron chi connectivity index (χ3n) is 5.21. The van der Waals surface area contributed by atoms with E-state index in [-0.39, 0.29) is 43.4 Å². The molecule has 1 aromatic carbocycles. The van der Waals surface area contributed by atoms with Crippen LogP contribution >= 0.6 is 0 Å². The quantitative estimate of drug-likeness (QED) is 0.755. The molecule has 1 aliphatic rings. The molecule has 1 amide bonds. The molecule has 0 spiro atoms. The smallest absolute Gasteiger partial charge is 0.256 e. The highest BCUT2D eigenvalue weighted by atomic mass is 16.5. The van der Waals surface area contributed by atoms with E-state index < -0.39 is 5.41 Å². The van der Waals surface area contributed by atoms with Gasteiger partial charge in [-0.25, -0.2) is 4.98 Å². The Morgan fingerprint density at radius 2 is 1.93 bits per heavy atom. The van der Waals surface area contributed by atoms with E-state index in [2.05, 4.69) is 9.97 Å². The molecule has 7 heteroatoms. The molecule has 7 nitrogen and oxygen atoms in total. The Morgan fingerprint density at radius 3 is 2.63 bits per heavy atom. The number of carbonyl (C=O) groups excluding carboxylic acids is 2. The number of nitrogens with one attached hydrogen (secondary N) is 1. The maximum absolute atomic E-state index is 13.0. The maximum Gasteiger partial charge on any atom is 0.256 e. The number of carbonyl (C=O) groups is 2. The van der Waals surface area contributed by atoms with Crippen LogP contribution in [0, 0.1) is 5.41 Å². The van der Waals surface area contributed by atoms with Crippen molar-refractivity contribution in [2.75, 3.05) is 13.2 Å². The fraction of sp³-hybridized carbons (Fsp3) is 0.478. The molecular formula is C23H29N3O4. The second kappa shape index (κ2) is 9.34. The van der Waals surface area contributed by atoms with E-state index in [0.717, 1.165) is 5.56 Å². The number of rotatable bonds is 7. The molecule has 0 atom stereocenters. The number of H-pyrrole nitrogens is 1. The van der Waals surface area contributed by atoms with E-state index in [4.69, 9.17) is 4.74 Å². The number of Topliss-reactive ketones (excluding diaryl/α,β-unsaturated/α-hetero) is 1. The van der Waals surface area contributed by atoms with Crippen LogP contribution < -0.4 is 5.56 Å². The molecule has 3 rings (SSSR count). The van der Waals surface area contributed by atoms with Crippen LogP contribution in [0.25, 0.3) is 0 Å². The van der Waals surface area contributed by atoms with Crippen LogP contribution in [0.5, 0.6) is 0 Å². The summed E-state index contributed by atoms with van der Waals surface area (Å²) < 4.78 is 5.33. The van der Waals surface area contributed by atoms with Gasteiger partial charge in [-0.15, -0.1) is 0 Å². The van der Waals surface area contributed by atoms with Crippen molar-refractivity contribution in [3.63, 3.8) is 0 Å². The Morgan fingerprint density at radius 1 is 1.20 bits per heavy atom. The highest BCUT2D eigenvalue weighted by Crippen LogP contribution is 2.17. The molecule has 0 radical (unpaired) electrons. The van der Waals surface area contributed by atoms with Gasteiger partial charge in [0.1, 0.15) is 5.82 Å². The number of aromatic nitrogens is 2. The molecule has 0 saturated carbocycles. The van der Waals surface area contributed by atoms with E-state index >= 15 is 0 Å². The predicted molar refractivity (Wildman–Crippen MR) is 113 cm³/mol. The minimum Gasteiger partial charge on any atom is -0.376 e. The number of ether oxygens (including phenoxy) is 1. The van der Waals surface area contributed by atoms with Crippen LogP contribution in [0.3, 0.4) is 0 Å². The van der Waals surface area contributed by atoms with Crippen LogP contribution in [0.4, 0.5) is 0 Å². The van der Waals surface area contributed by atoms with Crippen molar-refractivity contribution in [1.29, 1.82) is 0 Å². The van der Waals surface area contributed by atoms with Gasteiger partial charge in [-0.3, -0.25) is 14.4 Å². The van der Waals surface area contributed by atoms with Crippen LogP contribution in [-0.2, 0) is 40.3 Å². The molecule has 1 aliphatic heterocycles. The first-order valence-electron chi connectivity index (χ1n) is 10.3. The van der Waals surface area contributed by atoms with Crippen molar-refractivity contribution in [2.24, 2.45) is 5.41 Å². The third-order valence-corrected chi connectivity index (χ3v) is 5.21. The van der Waals surface area contributed by atoms with Crippen molar-refractivity contribution in [2.45, 2.75) is 53.2 Å². The summed E-state index contributed by atoms with van der Waals surface area (Å²) in [7, 11) is 0. The Bertz CT molecular complexity index is 961. The Balaban J connectivity index is 1.78. The number of nitrogens with zero attached hydrogens (tertiary/aromatic N) is 2. The largest absolute Gasteiger partial charge is 0.376 e. The van der Waals surface area contributed by atoms with Crippen LogP contribution in [0.2, 0.25) is 0 Å². The zero-order chi connectivity index (χ0) is 21.7. The van der Waals surface area contributed by atoms with Crippen LogP contribution in [0.15, 0.2) is 35.1 Å². The molecule has 0 fully saturated rings. The van der Waals surface area contributed by atoms with Crippen molar-refractivity contribution in [1.82, 2.24) is 14.9 Å². The second-order valence-electron chi connectivity index (χ2n) is 8.65. The lowest BCUT2D eigenvalue weighted by Gasteiger charge is -2.26. The topological polar surface area (TPSA) is 92.4 Å². The molecule has 2 heterocycles. The Labute approximate surface area is 176 Å². The summed E-state index contributed by atoms with van der Waals surface area (Å²) in [4.78, 5) is 46.8. The SMILES string of the molecule is CC(C)(C)C(=O)CN(Cc1nc2c(c(=O)[nH]1)COCC2)C(=O)CCc1ccccc1. The van der Waals surface area contributed by atoms with Crippen molar-refractivity contribution in [3.05, 3.63) is 63.3 Å². The molecular weight excluding hydrogens is 382 g/mol. The summed E-state index contributed by atoms with van der Waals surface area (Å²) in [5.74, 6) is 0.222. The summed E-state index contributed by atoms with van der Waals surface area (Å²) in [5.41, 5.74) is 1.50. The van der Waals surface area contributed by atoms with E-state index in [1.807, 2.05) is 51.1 Å². The van der Waals surface area contributed by atoms with E-state index in [1.54, 1.807) is 0 Å². The van der Waals surface area contributed by atoms with Crippen molar-refractivity contribution in [3.8, 4) is 0 Å². The lowest BCUT2D eigenvalue weighted by atomic mass is 9.90. The normalized spacial score (nSPS) is 13.6. The first-order valence-corrected chi connectivity index (χ1v) is 10.3. The summed E-state index contributed by atoms with van der Waals surface area (Å²) in [6, 6.07) is 9.76. The number of aryl methyl sites for hydroxylation is 1. The summed E-state index contributed by atoms with van der Waals surface area (Å²) >= 11 is 0. The van der Waals surface area contributed by atoms with Gasteiger partial charge in [-0.2, -0.15) is 0 Å². The number of ketones is 1. The fourth-order valence-corrected chi connectivity index (χ4v) is 3.25. The van der Waals surface area contributed by atoms with Crippen LogP contribution in [0.1, 0.15) is 49.8 Å². The number of hydrogen-bond donors (Lipinski definition) is 1. The molecule has 0 bridgehead atoms. The van der Waals surface area contributed by atoms with Gasteiger partial charge >= 0.3 is 0 Å². The van der Waals surface area contributed by atoms with Gasteiger partial charge in [0.05, 0.1) is 37.6 Å². The van der Waals surface area contributed by atoms with E-state index in [9.17, 15) is 14.4 Å². The zero-order valence-corrected chi connectivity index (χ0v) is 17.9. The van der Waals surface area contributed by atoms with Gasteiger partial charge in [0.15, 0.2) is 5.78 Å². The molecule has 160 valence electrons. The average Bonchev–Trinajstić information content (AvgIpc) is 2.71. The van der Waals surface area contributed by atoms with Gasteiger partial charge in [-0.1, -0.05) is 51.1 Å². The molecule has 0 unspecified atom stereocenters. The monoisotopic (exact) mass is 411 g/mol. The lowest BCUT2D eigenvalue weighted by molar-refractivity contribution is -0.138. The van der Waals surface area contributed by atoms with E-state index in [0.29, 0.717) is 36.5 Å². The van der Waals surface area contributed by atoms with Crippen molar-refractivity contribution >= 4 is 11.7 Å². The molecule has 1 aromatic heterocycles. The molecule has 2 aromatic rings. The van der Waals surface area contributed by atoms with Gasteiger partial charge in [0, 0.05) is 18.3 Å². The first kappa shape index (κ1) is 21.9. The molecule has 0 aliphatic carbocycles. The zero-order valence-electron chi connectivity index (χ0n) is 17.9. The molecule has 1 N–H and O–H groups in total. The number of benzene rings is 1. The second-order valence-corrected chi connectivity index (χ2v) is 8.65. The summed E-state index contributed by atoms with van der Waals surface area (Å²) in [6.45, 7) is 6.36. The lowest BCUT2D eigenvalue weighted by Crippen LogP contribution is -2.40. The fourth-order valence-electron chi connectivity index (χ4n) is 3.25. The standard InChI is InChI=1S/C23H29N3O4/c1-23(2,3)19(27)13-26(21(28)10-9-16-7-5-4-6-8-16)14-20-24-18-11-12-30-15-17(18)22(29)25-20/h4-8H,9-15H2,1-3H3,(H,24,25,29). The highest BCUT2D eigenvalue weighted by molar-refractivity contribution is 5.89. The van der Waals surface area contributed by atoms with Gasteiger partial charge in [0.25, 0.3) is 5.56 Å².